The Morgan fingerprint density at radius 2 is 2.35 bits per heavy atom. The lowest BCUT2D eigenvalue weighted by Crippen LogP contribution is -2.46. The van der Waals surface area contributed by atoms with Crippen molar-refractivity contribution in [2.45, 2.75) is 43.9 Å². The summed E-state index contributed by atoms with van der Waals surface area (Å²) >= 11 is 0. The zero-order valence-electron chi connectivity index (χ0n) is 10.3. The maximum atomic E-state index is 12.0. The van der Waals surface area contributed by atoms with Gasteiger partial charge in [0.05, 0.1) is 12.1 Å². The van der Waals surface area contributed by atoms with Crippen molar-refractivity contribution in [3.8, 4) is 0 Å². The molecule has 4 unspecified atom stereocenters. The van der Waals surface area contributed by atoms with Gasteiger partial charge in [-0.2, -0.15) is 0 Å². The molecule has 1 saturated heterocycles. The van der Waals surface area contributed by atoms with Crippen LogP contribution < -0.4 is 10.6 Å². The van der Waals surface area contributed by atoms with Crippen LogP contribution in [0.25, 0.3) is 0 Å². The summed E-state index contributed by atoms with van der Waals surface area (Å²) in [5, 5.41) is 15.4. The van der Waals surface area contributed by atoms with Crippen molar-refractivity contribution in [2.24, 2.45) is 5.92 Å². The van der Waals surface area contributed by atoms with Crippen LogP contribution in [0.1, 0.15) is 25.7 Å². The number of rotatable bonds is 4. The number of carbonyl (C=O) groups excluding carboxylic acids is 1. The first kappa shape index (κ1) is 12.8. The lowest BCUT2D eigenvalue weighted by Gasteiger charge is -2.21. The third-order valence-corrected chi connectivity index (χ3v) is 3.96. The molecule has 0 bridgehead atoms. The third kappa shape index (κ3) is 2.97. The standard InChI is InChI=1S/C12H22N2O3/c1-17-9-5-11(13-6-9)12(16)14-10-4-2-3-8(10)7-15/h8-11,13,15H,2-7H2,1H3,(H,14,16). The van der Waals surface area contributed by atoms with Crippen LogP contribution >= 0.6 is 0 Å². The molecule has 2 rings (SSSR count). The van der Waals surface area contributed by atoms with Crippen LogP contribution in [0, 0.1) is 5.92 Å². The quantitative estimate of drug-likeness (QED) is 0.629. The van der Waals surface area contributed by atoms with E-state index >= 15 is 0 Å². The van der Waals surface area contributed by atoms with Gasteiger partial charge in [-0.3, -0.25) is 4.79 Å². The van der Waals surface area contributed by atoms with E-state index in [-0.39, 0.29) is 36.6 Å². The van der Waals surface area contributed by atoms with Gasteiger partial charge in [0.15, 0.2) is 0 Å². The molecule has 1 amide bonds. The fourth-order valence-corrected chi connectivity index (χ4v) is 2.81. The number of aliphatic hydroxyl groups is 1. The van der Waals surface area contributed by atoms with Gasteiger partial charge < -0.3 is 20.5 Å². The summed E-state index contributed by atoms with van der Waals surface area (Å²) in [4.78, 5) is 12.0. The number of carbonyl (C=O) groups is 1. The smallest absolute Gasteiger partial charge is 0.237 e. The van der Waals surface area contributed by atoms with Crippen molar-refractivity contribution in [3.63, 3.8) is 0 Å². The Bertz CT molecular complexity index is 272. The summed E-state index contributed by atoms with van der Waals surface area (Å²) in [5.41, 5.74) is 0. The second-order valence-corrected chi connectivity index (χ2v) is 5.04. The van der Waals surface area contributed by atoms with Crippen LogP contribution in [0.15, 0.2) is 0 Å². The van der Waals surface area contributed by atoms with E-state index in [2.05, 4.69) is 10.6 Å². The Morgan fingerprint density at radius 3 is 3.00 bits per heavy atom. The molecule has 1 heterocycles. The van der Waals surface area contributed by atoms with Gasteiger partial charge in [-0.1, -0.05) is 6.42 Å². The zero-order chi connectivity index (χ0) is 12.3. The molecular weight excluding hydrogens is 220 g/mol. The lowest BCUT2D eigenvalue weighted by atomic mass is 10.0. The molecular formula is C12H22N2O3. The molecule has 3 N–H and O–H groups in total. The van der Waals surface area contributed by atoms with Crippen molar-refractivity contribution < 1.29 is 14.6 Å². The minimum absolute atomic E-state index is 0.0508. The predicted molar refractivity (Wildman–Crippen MR) is 63.6 cm³/mol. The molecule has 0 aromatic heterocycles. The van der Waals surface area contributed by atoms with E-state index in [4.69, 9.17) is 4.74 Å². The minimum atomic E-state index is -0.139. The Kier molecular flexibility index (Phi) is 4.36. The number of hydrogen-bond donors (Lipinski definition) is 3. The van der Waals surface area contributed by atoms with Gasteiger partial charge in [0.1, 0.15) is 0 Å². The Hall–Kier alpha value is -0.650. The highest BCUT2D eigenvalue weighted by Gasteiger charge is 2.33. The number of nitrogens with one attached hydrogen (secondary N) is 2. The second-order valence-electron chi connectivity index (χ2n) is 5.04. The molecule has 0 spiro atoms. The van der Waals surface area contributed by atoms with Crippen LogP contribution in [0.4, 0.5) is 0 Å². The number of hydrogen-bond acceptors (Lipinski definition) is 4. The van der Waals surface area contributed by atoms with Crippen LogP contribution in [0.2, 0.25) is 0 Å². The molecule has 98 valence electrons. The lowest BCUT2D eigenvalue weighted by molar-refractivity contribution is -0.124. The first-order valence-corrected chi connectivity index (χ1v) is 6.42. The molecule has 1 aliphatic carbocycles. The van der Waals surface area contributed by atoms with Crippen molar-refractivity contribution in [2.75, 3.05) is 20.3 Å². The Labute approximate surface area is 102 Å². The van der Waals surface area contributed by atoms with Gasteiger partial charge in [0.2, 0.25) is 5.91 Å². The average molecular weight is 242 g/mol. The molecule has 4 atom stereocenters. The molecule has 2 aliphatic rings. The van der Waals surface area contributed by atoms with Crippen molar-refractivity contribution >= 4 is 5.91 Å². The van der Waals surface area contributed by atoms with Crippen molar-refractivity contribution in [1.29, 1.82) is 0 Å². The monoisotopic (exact) mass is 242 g/mol. The molecule has 2 fully saturated rings. The van der Waals surface area contributed by atoms with Crippen molar-refractivity contribution in [1.82, 2.24) is 10.6 Å². The summed E-state index contributed by atoms with van der Waals surface area (Å²) in [6.45, 7) is 0.909. The molecule has 1 saturated carbocycles. The van der Waals surface area contributed by atoms with Crippen molar-refractivity contribution in [3.05, 3.63) is 0 Å². The van der Waals surface area contributed by atoms with E-state index in [1.54, 1.807) is 7.11 Å². The van der Waals surface area contributed by atoms with Crippen LogP contribution in [-0.2, 0) is 9.53 Å². The average Bonchev–Trinajstić information content (AvgIpc) is 2.96. The van der Waals surface area contributed by atoms with Gasteiger partial charge in [0, 0.05) is 32.2 Å². The number of aliphatic hydroxyl groups excluding tert-OH is 1. The van der Waals surface area contributed by atoms with Gasteiger partial charge in [0.25, 0.3) is 0 Å². The summed E-state index contributed by atoms with van der Waals surface area (Å²) < 4.78 is 5.22. The first-order chi connectivity index (χ1) is 8.24. The predicted octanol–water partition coefficient (Wildman–Crippen LogP) is -0.359. The van der Waals surface area contributed by atoms with E-state index in [0.29, 0.717) is 0 Å². The molecule has 1 aliphatic heterocycles. The van der Waals surface area contributed by atoms with E-state index in [1.807, 2.05) is 0 Å². The highest BCUT2D eigenvalue weighted by molar-refractivity contribution is 5.82. The van der Waals surface area contributed by atoms with Crippen LogP contribution in [0.3, 0.4) is 0 Å². The summed E-state index contributed by atoms with van der Waals surface area (Å²) in [6, 6.07) is 0.00999. The molecule has 0 radical (unpaired) electrons. The zero-order valence-corrected chi connectivity index (χ0v) is 10.3. The Morgan fingerprint density at radius 1 is 1.53 bits per heavy atom. The molecule has 0 aromatic rings. The number of ether oxygens (including phenoxy) is 1. The maximum Gasteiger partial charge on any atom is 0.237 e. The SMILES string of the molecule is COC1CNC(C(=O)NC2CCCC2CO)C1. The van der Waals surface area contributed by atoms with Crippen LogP contribution in [0.5, 0.6) is 0 Å². The van der Waals surface area contributed by atoms with E-state index in [9.17, 15) is 9.90 Å². The summed E-state index contributed by atoms with van der Waals surface area (Å²) in [5.74, 6) is 0.286. The van der Waals surface area contributed by atoms with Gasteiger partial charge in [-0.15, -0.1) is 0 Å². The van der Waals surface area contributed by atoms with Crippen LogP contribution in [-0.4, -0.2) is 49.5 Å². The molecule has 0 aromatic carbocycles. The highest BCUT2D eigenvalue weighted by Crippen LogP contribution is 2.25. The summed E-state index contributed by atoms with van der Waals surface area (Å²) in [7, 11) is 1.67. The number of amides is 1. The maximum absolute atomic E-state index is 12.0. The molecule has 5 nitrogen and oxygen atoms in total. The van der Waals surface area contributed by atoms with Gasteiger partial charge in [-0.05, 0) is 19.3 Å². The Balaban J connectivity index is 1.81. The molecule has 17 heavy (non-hydrogen) atoms. The third-order valence-electron chi connectivity index (χ3n) is 3.96. The second kappa shape index (κ2) is 5.80. The van der Waals surface area contributed by atoms with E-state index in [1.165, 1.54) is 0 Å². The van der Waals surface area contributed by atoms with Gasteiger partial charge in [-0.25, -0.2) is 0 Å². The fraction of sp³-hybridized carbons (Fsp3) is 0.917. The minimum Gasteiger partial charge on any atom is -0.396 e. The first-order valence-electron chi connectivity index (χ1n) is 6.42. The number of methoxy groups -OCH3 is 1. The molecule has 5 heteroatoms. The van der Waals surface area contributed by atoms with Gasteiger partial charge >= 0.3 is 0 Å². The normalized spacial score (nSPS) is 37.3. The largest absolute Gasteiger partial charge is 0.396 e. The topological polar surface area (TPSA) is 70.6 Å². The van der Waals surface area contributed by atoms with E-state index < -0.39 is 0 Å². The van der Waals surface area contributed by atoms with E-state index in [0.717, 1.165) is 32.2 Å². The fourth-order valence-electron chi connectivity index (χ4n) is 2.81. The summed E-state index contributed by atoms with van der Waals surface area (Å²) in [6.07, 6.45) is 3.97. The highest BCUT2D eigenvalue weighted by atomic mass is 16.5.